The van der Waals surface area contributed by atoms with Crippen molar-refractivity contribution in [1.29, 1.82) is 0 Å². The van der Waals surface area contributed by atoms with Gasteiger partial charge in [0.15, 0.2) is 22.5 Å². The van der Waals surface area contributed by atoms with Crippen molar-refractivity contribution in [2.24, 2.45) is 0 Å². The Labute approximate surface area is 184 Å². The quantitative estimate of drug-likeness (QED) is 0.487. The van der Waals surface area contributed by atoms with Gasteiger partial charge in [-0.1, -0.05) is 36.4 Å². The zero-order valence-electron chi connectivity index (χ0n) is 17.5. The van der Waals surface area contributed by atoms with E-state index in [9.17, 15) is 9.59 Å². The maximum Gasteiger partial charge on any atom is 0.259 e. The van der Waals surface area contributed by atoms with Gasteiger partial charge in [0.1, 0.15) is 5.76 Å². The lowest BCUT2D eigenvalue weighted by Gasteiger charge is -2.12. The van der Waals surface area contributed by atoms with E-state index in [1.165, 1.54) is 0 Å². The lowest BCUT2D eigenvalue weighted by molar-refractivity contribution is 0.102. The van der Waals surface area contributed by atoms with Crippen LogP contribution in [0.15, 0.2) is 75.9 Å². The number of rotatable bonds is 3. The fourth-order valence-electron chi connectivity index (χ4n) is 3.79. The van der Waals surface area contributed by atoms with Gasteiger partial charge in [-0.25, -0.2) is 0 Å². The Hall–Kier alpha value is -4.06. The summed E-state index contributed by atoms with van der Waals surface area (Å²) in [7, 11) is 0. The summed E-state index contributed by atoms with van der Waals surface area (Å²) in [4.78, 5) is 26.2. The van der Waals surface area contributed by atoms with Gasteiger partial charge in [-0.3, -0.25) is 9.59 Å². The summed E-state index contributed by atoms with van der Waals surface area (Å²) in [6, 6.07) is 19.7. The molecular formula is C26H21NO5. The first-order valence-electron chi connectivity index (χ1n) is 10.4. The van der Waals surface area contributed by atoms with Crippen molar-refractivity contribution in [2.75, 3.05) is 18.5 Å². The van der Waals surface area contributed by atoms with Crippen molar-refractivity contribution in [1.82, 2.24) is 0 Å². The van der Waals surface area contributed by atoms with Crippen LogP contribution in [0, 0.1) is 6.92 Å². The van der Waals surface area contributed by atoms with Crippen LogP contribution in [0.25, 0.3) is 22.3 Å². The van der Waals surface area contributed by atoms with Crippen LogP contribution < -0.4 is 20.2 Å². The van der Waals surface area contributed by atoms with Crippen LogP contribution in [-0.2, 0) is 0 Å². The van der Waals surface area contributed by atoms with Gasteiger partial charge in [0, 0.05) is 29.3 Å². The molecule has 1 aliphatic rings. The Bertz CT molecular complexity index is 1370. The van der Waals surface area contributed by atoms with Gasteiger partial charge in [0.2, 0.25) is 0 Å². The highest BCUT2D eigenvalue weighted by atomic mass is 16.5. The summed E-state index contributed by atoms with van der Waals surface area (Å²) in [6.45, 7) is 2.88. The molecule has 1 N–H and O–H groups in total. The molecule has 1 aliphatic heterocycles. The van der Waals surface area contributed by atoms with E-state index in [1.807, 2.05) is 30.3 Å². The molecule has 0 atom stereocenters. The molecule has 1 aromatic heterocycles. The van der Waals surface area contributed by atoms with Crippen LogP contribution in [-0.4, -0.2) is 19.1 Å². The lowest BCUT2D eigenvalue weighted by atomic mass is 10.0. The monoisotopic (exact) mass is 427 g/mol. The molecule has 2 heterocycles. The van der Waals surface area contributed by atoms with Gasteiger partial charge in [-0.2, -0.15) is 0 Å². The van der Waals surface area contributed by atoms with E-state index in [0.717, 1.165) is 12.0 Å². The van der Waals surface area contributed by atoms with Crippen LogP contribution in [0.2, 0.25) is 0 Å². The molecule has 0 aliphatic carbocycles. The molecule has 0 spiro atoms. The Kier molecular flexibility index (Phi) is 5.11. The molecule has 6 nitrogen and oxygen atoms in total. The van der Waals surface area contributed by atoms with Crippen LogP contribution >= 0.6 is 0 Å². The van der Waals surface area contributed by atoms with Gasteiger partial charge in [0.05, 0.1) is 24.2 Å². The highest BCUT2D eigenvalue weighted by molar-refractivity contribution is 6.11. The van der Waals surface area contributed by atoms with Crippen LogP contribution in [0.1, 0.15) is 22.3 Å². The summed E-state index contributed by atoms with van der Waals surface area (Å²) >= 11 is 0. The predicted octanol–water partition coefficient (Wildman–Crippen LogP) is 5.18. The van der Waals surface area contributed by atoms with Crippen LogP contribution in [0.4, 0.5) is 5.69 Å². The van der Waals surface area contributed by atoms with Gasteiger partial charge in [-0.15, -0.1) is 0 Å². The second kappa shape index (κ2) is 8.23. The number of hydrogen-bond acceptors (Lipinski definition) is 5. The third-order valence-corrected chi connectivity index (χ3v) is 5.43. The first-order chi connectivity index (χ1) is 15.6. The zero-order valence-corrected chi connectivity index (χ0v) is 17.5. The lowest BCUT2D eigenvalue weighted by Crippen LogP contribution is -2.15. The Morgan fingerprint density at radius 2 is 1.69 bits per heavy atom. The number of fused-ring (bicyclic) bond motifs is 2. The minimum absolute atomic E-state index is 0.157. The third-order valence-electron chi connectivity index (χ3n) is 5.43. The molecule has 0 saturated carbocycles. The molecule has 0 unspecified atom stereocenters. The van der Waals surface area contributed by atoms with Gasteiger partial charge in [0.25, 0.3) is 5.91 Å². The summed E-state index contributed by atoms with van der Waals surface area (Å²) in [5.74, 6) is 1.32. The number of amides is 1. The maximum absolute atomic E-state index is 13.2. The Morgan fingerprint density at radius 3 is 2.50 bits per heavy atom. The molecule has 6 heteroatoms. The summed E-state index contributed by atoms with van der Waals surface area (Å²) in [5.41, 5.74) is 2.23. The van der Waals surface area contributed by atoms with E-state index in [4.69, 9.17) is 13.9 Å². The van der Waals surface area contributed by atoms with E-state index >= 15 is 0 Å². The molecule has 160 valence electrons. The first-order valence-corrected chi connectivity index (χ1v) is 10.4. The number of hydrogen-bond donors (Lipinski definition) is 1. The van der Waals surface area contributed by atoms with E-state index in [2.05, 4.69) is 5.32 Å². The minimum atomic E-state index is -0.379. The van der Waals surface area contributed by atoms with Gasteiger partial charge >= 0.3 is 0 Å². The van der Waals surface area contributed by atoms with Crippen molar-refractivity contribution >= 4 is 22.6 Å². The number of nitrogens with one attached hydrogen (secondary N) is 1. The second-order valence-corrected chi connectivity index (χ2v) is 7.60. The number of carbonyl (C=O) groups is 1. The normalized spacial score (nSPS) is 12.9. The second-order valence-electron chi connectivity index (χ2n) is 7.60. The van der Waals surface area contributed by atoms with E-state index in [-0.39, 0.29) is 22.5 Å². The van der Waals surface area contributed by atoms with Crippen molar-refractivity contribution in [2.45, 2.75) is 13.3 Å². The van der Waals surface area contributed by atoms with E-state index < -0.39 is 0 Å². The average molecular weight is 427 g/mol. The molecule has 3 aromatic carbocycles. The highest BCUT2D eigenvalue weighted by Crippen LogP contribution is 2.33. The Balaban J connectivity index is 1.55. The Morgan fingerprint density at radius 1 is 0.906 bits per heavy atom. The van der Waals surface area contributed by atoms with Crippen molar-refractivity contribution in [3.8, 4) is 22.8 Å². The van der Waals surface area contributed by atoms with Crippen molar-refractivity contribution < 1.29 is 18.7 Å². The number of para-hydroxylation sites is 1. The van der Waals surface area contributed by atoms with Gasteiger partial charge in [-0.05, 0) is 31.2 Å². The van der Waals surface area contributed by atoms with Crippen molar-refractivity contribution in [3.63, 3.8) is 0 Å². The molecule has 5 rings (SSSR count). The molecule has 0 bridgehead atoms. The number of carbonyl (C=O) groups excluding carboxylic acids is 1. The van der Waals surface area contributed by atoms with E-state index in [0.29, 0.717) is 47.1 Å². The van der Waals surface area contributed by atoms with E-state index in [1.54, 1.807) is 43.3 Å². The number of ether oxygens (including phenoxy) is 2. The maximum atomic E-state index is 13.2. The fourth-order valence-corrected chi connectivity index (χ4v) is 3.79. The zero-order chi connectivity index (χ0) is 22.1. The third kappa shape index (κ3) is 3.60. The molecule has 0 fully saturated rings. The molecule has 4 aromatic rings. The molecule has 1 amide bonds. The minimum Gasteiger partial charge on any atom is -0.490 e. The fraction of sp³-hybridized carbons (Fsp3) is 0.154. The molecular weight excluding hydrogens is 406 g/mol. The predicted molar refractivity (Wildman–Crippen MR) is 123 cm³/mol. The van der Waals surface area contributed by atoms with Gasteiger partial charge < -0.3 is 19.2 Å². The average Bonchev–Trinajstić information content (AvgIpc) is 3.06. The van der Waals surface area contributed by atoms with Crippen LogP contribution in [0.5, 0.6) is 11.5 Å². The summed E-state index contributed by atoms with van der Waals surface area (Å²) in [6.07, 6.45) is 0.800. The number of benzene rings is 3. The topological polar surface area (TPSA) is 77.8 Å². The standard InChI is InChI=1S/C26H21NO5/c1-16-23(28)19-9-5-10-20(25(19)32-24(16)17-7-3-2-4-8-17)26(29)27-18-11-12-21-22(15-18)31-14-6-13-30-21/h2-5,7-12,15H,6,13-14H2,1H3,(H,27,29). The molecule has 32 heavy (non-hydrogen) atoms. The first kappa shape index (κ1) is 19.9. The van der Waals surface area contributed by atoms with Crippen molar-refractivity contribution in [3.05, 3.63) is 88.1 Å². The SMILES string of the molecule is Cc1c(-c2ccccc2)oc2c(C(=O)Nc3ccc4c(c3)OCCCO4)cccc2c1=O. The largest absolute Gasteiger partial charge is 0.490 e. The molecule has 0 radical (unpaired) electrons. The summed E-state index contributed by atoms with van der Waals surface area (Å²) in [5, 5.41) is 3.25. The molecule has 0 saturated heterocycles. The smallest absolute Gasteiger partial charge is 0.259 e. The highest BCUT2D eigenvalue weighted by Gasteiger charge is 2.19. The number of anilines is 1. The van der Waals surface area contributed by atoms with Crippen LogP contribution in [0.3, 0.4) is 0 Å². The summed E-state index contributed by atoms with van der Waals surface area (Å²) < 4.78 is 17.5.